The van der Waals surface area contributed by atoms with E-state index in [4.69, 9.17) is 22.1 Å². The van der Waals surface area contributed by atoms with Crippen LogP contribution in [0.2, 0.25) is 5.15 Å². The number of hydrogen-bond acceptors (Lipinski definition) is 4. The van der Waals surface area contributed by atoms with Crippen molar-refractivity contribution in [1.29, 1.82) is 0 Å². The number of carbonyl (C=O) groups is 1. The van der Waals surface area contributed by atoms with Gasteiger partial charge in [0.05, 0.1) is 5.69 Å². The molecule has 0 aliphatic heterocycles. The molecule has 0 fully saturated rings. The van der Waals surface area contributed by atoms with Gasteiger partial charge in [0.1, 0.15) is 5.75 Å². The number of halogens is 2. The molecule has 1 aromatic carbocycles. The van der Waals surface area contributed by atoms with Crippen LogP contribution in [0.15, 0.2) is 28.7 Å². The molecule has 0 aliphatic rings. The lowest BCUT2D eigenvalue weighted by Crippen LogP contribution is -2.16. The summed E-state index contributed by atoms with van der Waals surface area (Å²) in [6, 6.07) is 7.09. The van der Waals surface area contributed by atoms with Gasteiger partial charge in [-0.15, -0.1) is 0 Å². The molecule has 2 aromatic rings. The van der Waals surface area contributed by atoms with Gasteiger partial charge in [0.2, 0.25) is 0 Å². The van der Waals surface area contributed by atoms with Crippen molar-refractivity contribution >= 4 is 33.4 Å². The monoisotopic (exact) mass is 355 g/mol. The summed E-state index contributed by atoms with van der Waals surface area (Å²) in [6.45, 7) is 1.86. The molecular weight excluding hydrogens is 346 g/mol. The first kappa shape index (κ1) is 14.7. The Morgan fingerprint density at radius 2 is 2.20 bits per heavy atom. The van der Waals surface area contributed by atoms with Crippen LogP contribution in [0.4, 0.5) is 0 Å². The molecule has 0 saturated carbocycles. The van der Waals surface area contributed by atoms with Gasteiger partial charge in [-0.2, -0.15) is 4.98 Å². The second kappa shape index (κ2) is 6.19. The van der Waals surface area contributed by atoms with E-state index in [1.807, 2.05) is 13.0 Å². The van der Waals surface area contributed by atoms with Crippen LogP contribution < -0.4 is 10.5 Å². The van der Waals surface area contributed by atoms with Crippen LogP contribution >= 0.6 is 27.5 Å². The van der Waals surface area contributed by atoms with Gasteiger partial charge >= 0.3 is 0 Å². The summed E-state index contributed by atoms with van der Waals surface area (Å²) in [6.07, 6.45) is 0.545. The van der Waals surface area contributed by atoms with E-state index in [2.05, 4.69) is 25.9 Å². The zero-order chi connectivity index (χ0) is 14.7. The smallest absolute Gasteiger partial charge is 0.272 e. The third-order valence-electron chi connectivity index (χ3n) is 2.47. The Morgan fingerprint density at radius 1 is 1.45 bits per heavy atom. The third kappa shape index (κ3) is 3.26. The number of rotatable bonds is 4. The van der Waals surface area contributed by atoms with Crippen molar-refractivity contribution in [3.8, 4) is 11.6 Å². The Morgan fingerprint density at radius 3 is 2.80 bits per heavy atom. The number of nitrogens with zero attached hydrogens (tertiary/aromatic N) is 2. The van der Waals surface area contributed by atoms with Gasteiger partial charge in [0.15, 0.2) is 10.8 Å². The number of amides is 1. The Hall–Kier alpha value is -1.66. The minimum absolute atomic E-state index is 0.00204. The van der Waals surface area contributed by atoms with Gasteiger partial charge in [-0.05, 0) is 24.6 Å². The zero-order valence-electron chi connectivity index (χ0n) is 10.6. The number of aryl methyl sites for hydroxylation is 1. The van der Waals surface area contributed by atoms with Crippen molar-refractivity contribution in [2.75, 3.05) is 0 Å². The highest BCUT2D eigenvalue weighted by atomic mass is 79.9. The van der Waals surface area contributed by atoms with Crippen molar-refractivity contribution in [3.05, 3.63) is 45.3 Å². The topological polar surface area (TPSA) is 78.1 Å². The molecule has 5 nitrogen and oxygen atoms in total. The van der Waals surface area contributed by atoms with E-state index in [0.29, 0.717) is 17.9 Å². The second-order valence-corrected chi connectivity index (χ2v) is 5.17. The van der Waals surface area contributed by atoms with Crippen molar-refractivity contribution in [3.63, 3.8) is 0 Å². The number of ether oxygens (including phenoxy) is 1. The molecule has 1 heterocycles. The molecule has 7 heteroatoms. The Labute approximate surface area is 129 Å². The second-order valence-electron chi connectivity index (χ2n) is 3.89. The van der Waals surface area contributed by atoms with Crippen LogP contribution in [0.5, 0.6) is 11.6 Å². The molecule has 20 heavy (non-hydrogen) atoms. The molecule has 0 aliphatic carbocycles. The molecule has 0 saturated heterocycles. The van der Waals surface area contributed by atoms with Gasteiger partial charge in [0.25, 0.3) is 11.8 Å². The molecular formula is C13H11BrClN3O2. The highest BCUT2D eigenvalue weighted by molar-refractivity contribution is 9.10. The summed E-state index contributed by atoms with van der Waals surface area (Å²) < 4.78 is 6.38. The number of primary amides is 1. The fourth-order valence-electron chi connectivity index (χ4n) is 1.53. The van der Waals surface area contributed by atoms with Crippen molar-refractivity contribution < 1.29 is 9.53 Å². The highest BCUT2D eigenvalue weighted by Crippen LogP contribution is 2.27. The van der Waals surface area contributed by atoms with Crippen molar-refractivity contribution in [1.82, 2.24) is 9.97 Å². The number of nitrogens with two attached hydrogens (primary N) is 1. The number of hydrogen-bond donors (Lipinski definition) is 1. The Kier molecular flexibility index (Phi) is 4.57. The first-order valence-corrected chi connectivity index (χ1v) is 6.98. The van der Waals surface area contributed by atoms with Crippen LogP contribution in [0.1, 0.15) is 23.1 Å². The van der Waals surface area contributed by atoms with Crippen LogP contribution in [0, 0.1) is 0 Å². The number of aromatic nitrogens is 2. The van der Waals surface area contributed by atoms with E-state index < -0.39 is 5.91 Å². The lowest BCUT2D eigenvalue weighted by atomic mass is 10.3. The van der Waals surface area contributed by atoms with E-state index in [0.717, 1.165) is 4.47 Å². The molecule has 0 spiro atoms. The lowest BCUT2D eigenvalue weighted by molar-refractivity contribution is 0.0992. The normalized spacial score (nSPS) is 10.3. The molecule has 1 aromatic heterocycles. The maximum atomic E-state index is 11.4. The first-order valence-electron chi connectivity index (χ1n) is 5.81. The molecule has 1 amide bonds. The largest absolute Gasteiger partial charge is 0.437 e. The van der Waals surface area contributed by atoms with Crippen LogP contribution in [-0.2, 0) is 6.42 Å². The quantitative estimate of drug-likeness (QED) is 0.911. The predicted molar refractivity (Wildman–Crippen MR) is 79.2 cm³/mol. The van der Waals surface area contributed by atoms with E-state index in [1.54, 1.807) is 18.2 Å². The molecule has 0 unspecified atom stereocenters. The first-order chi connectivity index (χ1) is 9.51. The summed E-state index contributed by atoms with van der Waals surface area (Å²) in [5.41, 5.74) is 5.76. The third-order valence-corrected chi connectivity index (χ3v) is 3.26. The average Bonchev–Trinajstić information content (AvgIpc) is 2.38. The highest BCUT2D eigenvalue weighted by Gasteiger charge is 2.18. The number of benzene rings is 1. The van der Waals surface area contributed by atoms with Gasteiger partial charge in [-0.25, -0.2) is 4.98 Å². The van der Waals surface area contributed by atoms with E-state index in [1.165, 1.54) is 0 Å². The van der Waals surface area contributed by atoms with Crippen LogP contribution in [0.25, 0.3) is 0 Å². The summed E-state index contributed by atoms with van der Waals surface area (Å²) in [4.78, 5) is 19.6. The van der Waals surface area contributed by atoms with Gasteiger partial charge in [-0.1, -0.05) is 40.5 Å². The lowest BCUT2D eigenvalue weighted by Gasteiger charge is -2.10. The van der Waals surface area contributed by atoms with Gasteiger partial charge in [-0.3, -0.25) is 4.79 Å². The van der Waals surface area contributed by atoms with E-state index in [9.17, 15) is 4.79 Å². The number of carbonyl (C=O) groups excluding carboxylic acids is 1. The van der Waals surface area contributed by atoms with Gasteiger partial charge in [0, 0.05) is 4.47 Å². The fraction of sp³-hybridized carbons (Fsp3) is 0.154. The summed E-state index contributed by atoms with van der Waals surface area (Å²) in [7, 11) is 0. The maximum absolute atomic E-state index is 11.4. The maximum Gasteiger partial charge on any atom is 0.272 e. The molecule has 0 atom stereocenters. The Bertz CT molecular complexity index is 664. The average molecular weight is 357 g/mol. The predicted octanol–water partition coefficient (Wildman–Crippen LogP) is 3.35. The molecule has 2 N–H and O–H groups in total. The standard InChI is InChI=1S/C13H11BrClN3O2/c1-2-9-11(15)18-13(10(17-9)12(16)19)20-8-5-3-4-7(14)6-8/h3-6H,2H2,1H3,(H2,16,19). The zero-order valence-corrected chi connectivity index (χ0v) is 12.9. The van der Waals surface area contributed by atoms with Crippen molar-refractivity contribution in [2.45, 2.75) is 13.3 Å². The molecule has 2 rings (SSSR count). The molecule has 0 radical (unpaired) electrons. The summed E-state index contributed by atoms with van der Waals surface area (Å²) >= 11 is 9.32. The molecule has 104 valence electrons. The minimum atomic E-state index is -0.714. The van der Waals surface area contributed by atoms with Gasteiger partial charge < -0.3 is 10.5 Å². The van der Waals surface area contributed by atoms with Crippen LogP contribution in [0.3, 0.4) is 0 Å². The van der Waals surface area contributed by atoms with E-state index in [-0.39, 0.29) is 16.7 Å². The van der Waals surface area contributed by atoms with Crippen molar-refractivity contribution in [2.24, 2.45) is 5.73 Å². The van der Waals surface area contributed by atoms with Crippen LogP contribution in [-0.4, -0.2) is 15.9 Å². The minimum Gasteiger partial charge on any atom is -0.437 e. The summed E-state index contributed by atoms with van der Waals surface area (Å²) in [5, 5.41) is 0.197. The fourth-order valence-corrected chi connectivity index (χ4v) is 2.17. The summed E-state index contributed by atoms with van der Waals surface area (Å²) in [5.74, 6) is -0.219. The molecule has 0 bridgehead atoms. The SMILES string of the molecule is CCc1nc(C(N)=O)c(Oc2cccc(Br)c2)nc1Cl. The van der Waals surface area contributed by atoms with E-state index >= 15 is 0 Å². The Balaban J connectivity index is 2.45.